The molecule has 1 N–H and O–H groups in total. The van der Waals surface area contributed by atoms with Crippen LogP contribution in [0.3, 0.4) is 0 Å². The third kappa shape index (κ3) is 3.68. The highest BCUT2D eigenvalue weighted by Gasteiger charge is 2.05. The lowest BCUT2D eigenvalue weighted by atomic mass is 10.3. The van der Waals surface area contributed by atoms with E-state index in [1.54, 1.807) is 24.9 Å². The van der Waals surface area contributed by atoms with E-state index in [1.807, 2.05) is 11.6 Å². The van der Waals surface area contributed by atoms with Crippen LogP contribution in [0.4, 0.5) is 0 Å². The molecular formula is C10H16N2O2S. The summed E-state index contributed by atoms with van der Waals surface area (Å²) in [7, 11) is 1.88. The predicted molar refractivity (Wildman–Crippen MR) is 59.8 cm³/mol. The number of thioether (sulfide) groups is 1. The summed E-state index contributed by atoms with van der Waals surface area (Å²) in [5.41, 5.74) is 0.809. The van der Waals surface area contributed by atoms with Gasteiger partial charge in [0.1, 0.15) is 5.78 Å². The Morgan fingerprint density at radius 3 is 2.93 bits per heavy atom. The molecule has 1 heterocycles. The molecule has 0 atom stereocenters. The SMILES string of the molecule is CC(=O)CCCSc1ncc(CO)n1C. The molecule has 0 aliphatic heterocycles. The number of imidazole rings is 1. The van der Waals surface area contributed by atoms with E-state index in [2.05, 4.69) is 4.98 Å². The zero-order valence-electron chi connectivity index (χ0n) is 9.06. The summed E-state index contributed by atoms with van der Waals surface area (Å²) in [4.78, 5) is 14.9. The van der Waals surface area contributed by atoms with Crippen molar-refractivity contribution in [1.82, 2.24) is 9.55 Å². The second-order valence-electron chi connectivity index (χ2n) is 3.40. The van der Waals surface area contributed by atoms with E-state index < -0.39 is 0 Å². The molecule has 4 nitrogen and oxygen atoms in total. The third-order valence-electron chi connectivity index (χ3n) is 2.11. The first-order valence-corrected chi connectivity index (χ1v) is 5.87. The average molecular weight is 228 g/mol. The van der Waals surface area contributed by atoms with Crippen LogP contribution in [0.2, 0.25) is 0 Å². The molecule has 0 amide bonds. The zero-order valence-corrected chi connectivity index (χ0v) is 9.88. The van der Waals surface area contributed by atoms with Crippen LogP contribution in [0.1, 0.15) is 25.5 Å². The molecule has 0 bridgehead atoms. The first kappa shape index (κ1) is 12.3. The summed E-state index contributed by atoms with van der Waals surface area (Å²) in [6.07, 6.45) is 3.18. The van der Waals surface area contributed by atoms with Gasteiger partial charge >= 0.3 is 0 Å². The highest BCUT2D eigenvalue weighted by atomic mass is 32.2. The lowest BCUT2D eigenvalue weighted by Crippen LogP contribution is -1.98. The van der Waals surface area contributed by atoms with E-state index in [0.717, 1.165) is 23.0 Å². The maximum Gasteiger partial charge on any atom is 0.167 e. The fraction of sp³-hybridized carbons (Fsp3) is 0.600. The van der Waals surface area contributed by atoms with Crippen molar-refractivity contribution in [1.29, 1.82) is 0 Å². The molecule has 0 aliphatic carbocycles. The molecule has 84 valence electrons. The Balaban J connectivity index is 2.37. The van der Waals surface area contributed by atoms with Crippen molar-refractivity contribution < 1.29 is 9.90 Å². The van der Waals surface area contributed by atoms with Crippen LogP contribution in [0, 0.1) is 0 Å². The van der Waals surface area contributed by atoms with Crippen LogP contribution in [-0.4, -0.2) is 26.2 Å². The molecule has 0 saturated carbocycles. The molecule has 0 fully saturated rings. The highest BCUT2D eigenvalue weighted by molar-refractivity contribution is 7.99. The topological polar surface area (TPSA) is 55.1 Å². The number of rotatable bonds is 6. The Morgan fingerprint density at radius 1 is 1.67 bits per heavy atom. The number of aliphatic hydroxyl groups is 1. The van der Waals surface area contributed by atoms with Gasteiger partial charge in [-0.1, -0.05) is 11.8 Å². The van der Waals surface area contributed by atoms with Crippen LogP contribution in [0.15, 0.2) is 11.4 Å². The molecule has 0 radical (unpaired) electrons. The Kier molecular flexibility index (Phi) is 4.84. The van der Waals surface area contributed by atoms with Crippen molar-refractivity contribution in [3.05, 3.63) is 11.9 Å². The van der Waals surface area contributed by atoms with Gasteiger partial charge in [0.15, 0.2) is 5.16 Å². The zero-order chi connectivity index (χ0) is 11.3. The van der Waals surface area contributed by atoms with Crippen LogP contribution >= 0.6 is 11.8 Å². The van der Waals surface area contributed by atoms with Gasteiger partial charge in [-0.25, -0.2) is 4.98 Å². The molecule has 0 aliphatic rings. The minimum Gasteiger partial charge on any atom is -0.390 e. The molecule has 1 aromatic rings. The maximum absolute atomic E-state index is 10.7. The van der Waals surface area contributed by atoms with Crippen LogP contribution < -0.4 is 0 Å². The first-order chi connectivity index (χ1) is 7.15. The van der Waals surface area contributed by atoms with Crippen molar-refractivity contribution in [2.24, 2.45) is 7.05 Å². The smallest absolute Gasteiger partial charge is 0.167 e. The summed E-state index contributed by atoms with van der Waals surface area (Å²) in [6, 6.07) is 0. The summed E-state index contributed by atoms with van der Waals surface area (Å²) in [6.45, 7) is 1.62. The normalized spacial score (nSPS) is 10.6. The standard InChI is InChI=1S/C10H16N2O2S/c1-8(14)4-3-5-15-10-11-6-9(7-13)12(10)2/h6,13H,3-5,7H2,1-2H3. The average Bonchev–Trinajstić information content (AvgIpc) is 2.54. The number of ketones is 1. The second kappa shape index (κ2) is 5.92. The van der Waals surface area contributed by atoms with E-state index in [1.165, 1.54) is 0 Å². The van der Waals surface area contributed by atoms with E-state index in [-0.39, 0.29) is 12.4 Å². The summed E-state index contributed by atoms with van der Waals surface area (Å²) in [5.74, 6) is 1.11. The lowest BCUT2D eigenvalue weighted by molar-refractivity contribution is -0.117. The van der Waals surface area contributed by atoms with Gasteiger partial charge in [-0.05, 0) is 13.3 Å². The largest absolute Gasteiger partial charge is 0.390 e. The Bertz CT molecular complexity index is 336. The second-order valence-corrected chi connectivity index (χ2v) is 4.47. The Hall–Kier alpha value is -0.810. The van der Waals surface area contributed by atoms with Gasteiger partial charge in [0.25, 0.3) is 0 Å². The quantitative estimate of drug-likeness (QED) is 0.590. The van der Waals surface area contributed by atoms with Crippen LogP contribution in [-0.2, 0) is 18.4 Å². The summed E-state index contributed by atoms with van der Waals surface area (Å²) < 4.78 is 1.87. The maximum atomic E-state index is 10.7. The number of Topliss-reactive ketones (excluding diaryl/α,β-unsaturated/α-hetero) is 1. The molecule has 1 rings (SSSR count). The molecule has 0 saturated heterocycles. The van der Waals surface area contributed by atoms with Gasteiger partial charge in [0.2, 0.25) is 0 Å². The number of hydrogen-bond acceptors (Lipinski definition) is 4. The third-order valence-corrected chi connectivity index (χ3v) is 3.24. The lowest BCUT2D eigenvalue weighted by Gasteiger charge is -2.02. The van der Waals surface area contributed by atoms with Crippen molar-refractivity contribution >= 4 is 17.5 Å². The van der Waals surface area contributed by atoms with E-state index in [0.29, 0.717) is 6.42 Å². The fourth-order valence-corrected chi connectivity index (χ4v) is 2.10. The molecule has 1 aromatic heterocycles. The van der Waals surface area contributed by atoms with Crippen molar-refractivity contribution in [2.45, 2.75) is 31.5 Å². The monoisotopic (exact) mass is 228 g/mol. The predicted octanol–water partition coefficient (Wildman–Crippen LogP) is 1.37. The highest BCUT2D eigenvalue weighted by Crippen LogP contribution is 2.18. The van der Waals surface area contributed by atoms with E-state index >= 15 is 0 Å². The molecule has 0 unspecified atom stereocenters. The Morgan fingerprint density at radius 2 is 2.40 bits per heavy atom. The van der Waals surface area contributed by atoms with Crippen LogP contribution in [0.25, 0.3) is 0 Å². The number of aromatic nitrogens is 2. The molecule has 5 heteroatoms. The minimum atomic E-state index is 0.0114. The van der Waals surface area contributed by atoms with E-state index in [9.17, 15) is 4.79 Å². The molecule has 15 heavy (non-hydrogen) atoms. The van der Waals surface area contributed by atoms with E-state index in [4.69, 9.17) is 5.11 Å². The first-order valence-electron chi connectivity index (χ1n) is 4.89. The molecule has 0 spiro atoms. The number of hydrogen-bond donors (Lipinski definition) is 1. The van der Waals surface area contributed by atoms with Crippen molar-refractivity contribution in [2.75, 3.05) is 5.75 Å². The fourth-order valence-electron chi connectivity index (χ4n) is 1.19. The summed E-state index contributed by atoms with van der Waals surface area (Å²) >= 11 is 1.61. The van der Waals surface area contributed by atoms with Gasteiger partial charge in [-0.2, -0.15) is 0 Å². The number of carbonyl (C=O) groups excluding carboxylic acids is 1. The number of nitrogens with zero attached hydrogens (tertiary/aromatic N) is 2. The van der Waals surface area contributed by atoms with Crippen molar-refractivity contribution in [3.63, 3.8) is 0 Å². The van der Waals surface area contributed by atoms with Gasteiger partial charge in [-0.15, -0.1) is 0 Å². The summed E-state index contributed by atoms with van der Waals surface area (Å²) in [5, 5.41) is 9.85. The number of carbonyl (C=O) groups is 1. The van der Waals surface area contributed by atoms with Gasteiger partial charge in [0, 0.05) is 19.2 Å². The van der Waals surface area contributed by atoms with Crippen LogP contribution in [0.5, 0.6) is 0 Å². The van der Waals surface area contributed by atoms with Gasteiger partial charge < -0.3 is 14.5 Å². The number of aliphatic hydroxyl groups excluding tert-OH is 1. The molecular weight excluding hydrogens is 212 g/mol. The van der Waals surface area contributed by atoms with Gasteiger partial charge in [-0.3, -0.25) is 0 Å². The molecule has 0 aromatic carbocycles. The Labute approximate surface area is 93.7 Å². The van der Waals surface area contributed by atoms with Crippen molar-refractivity contribution in [3.8, 4) is 0 Å². The van der Waals surface area contributed by atoms with Gasteiger partial charge in [0.05, 0.1) is 18.5 Å². The minimum absolute atomic E-state index is 0.0114.